The highest BCUT2D eigenvalue weighted by atomic mass is 79.9. The maximum Gasteiger partial charge on any atom is 0.262 e. The molecule has 0 atom stereocenters. The van der Waals surface area contributed by atoms with Crippen molar-refractivity contribution in [1.29, 1.82) is 0 Å². The van der Waals surface area contributed by atoms with Crippen LogP contribution in [0.15, 0.2) is 82.2 Å². The van der Waals surface area contributed by atoms with E-state index in [0.29, 0.717) is 22.8 Å². The molecule has 0 spiro atoms. The number of sulfonamides is 1. The Morgan fingerprint density at radius 3 is 2.12 bits per heavy atom. The molecule has 0 unspecified atom stereocenters. The van der Waals surface area contributed by atoms with E-state index in [4.69, 9.17) is 4.74 Å². The molecule has 2 amide bonds. The fraction of sp³-hybridized carbons (Fsp3) is 0.0909. The number of hydrogen-bond acceptors (Lipinski definition) is 5. The van der Waals surface area contributed by atoms with Crippen molar-refractivity contribution in [2.75, 3.05) is 22.0 Å². The van der Waals surface area contributed by atoms with Crippen LogP contribution in [0.5, 0.6) is 5.75 Å². The van der Waals surface area contributed by atoms with E-state index in [1.54, 1.807) is 48.5 Å². The van der Waals surface area contributed by atoms with E-state index in [1.807, 2.05) is 0 Å². The first kappa shape index (κ1) is 23.3. The Bertz CT molecular complexity index is 1210. The van der Waals surface area contributed by atoms with E-state index in [1.165, 1.54) is 31.2 Å². The van der Waals surface area contributed by atoms with E-state index in [0.717, 1.165) is 4.47 Å². The van der Waals surface area contributed by atoms with Crippen LogP contribution >= 0.6 is 15.9 Å². The molecule has 166 valence electrons. The highest BCUT2D eigenvalue weighted by molar-refractivity contribution is 9.10. The molecule has 0 aliphatic rings. The standard InChI is InChI=1S/C22H20BrN3O5S/c1-15(27)24-18-3-2-4-19(13-18)25-22(28)14-31-20-9-11-21(12-10-20)32(29,30)26-17-7-5-16(23)6-8-17/h2-13,26H,14H2,1H3,(H,24,27)(H,25,28). The number of carbonyl (C=O) groups is 2. The lowest BCUT2D eigenvalue weighted by Gasteiger charge is -2.11. The minimum atomic E-state index is -3.76. The molecule has 0 radical (unpaired) electrons. The van der Waals surface area contributed by atoms with Gasteiger partial charge in [0, 0.05) is 28.5 Å². The molecule has 3 aromatic rings. The third-order valence-corrected chi connectivity index (χ3v) is 5.99. The molecule has 3 aromatic carbocycles. The van der Waals surface area contributed by atoms with Gasteiger partial charge in [-0.2, -0.15) is 0 Å². The van der Waals surface area contributed by atoms with Crippen LogP contribution in [0.25, 0.3) is 0 Å². The smallest absolute Gasteiger partial charge is 0.262 e. The van der Waals surface area contributed by atoms with Gasteiger partial charge in [-0.3, -0.25) is 14.3 Å². The van der Waals surface area contributed by atoms with E-state index in [9.17, 15) is 18.0 Å². The molecule has 3 rings (SSSR count). The normalized spacial score (nSPS) is 10.8. The molecule has 8 nitrogen and oxygen atoms in total. The third-order valence-electron chi connectivity index (χ3n) is 4.07. The summed E-state index contributed by atoms with van der Waals surface area (Å²) in [7, 11) is -3.76. The van der Waals surface area contributed by atoms with Gasteiger partial charge >= 0.3 is 0 Å². The zero-order chi connectivity index (χ0) is 23.1. The molecule has 0 saturated heterocycles. The van der Waals surface area contributed by atoms with Gasteiger partial charge in [-0.15, -0.1) is 0 Å². The second-order valence-electron chi connectivity index (χ2n) is 6.68. The number of amides is 2. The lowest BCUT2D eigenvalue weighted by Crippen LogP contribution is -2.20. The van der Waals surface area contributed by atoms with Crippen molar-refractivity contribution in [3.05, 3.63) is 77.3 Å². The molecule has 0 heterocycles. The van der Waals surface area contributed by atoms with Crippen LogP contribution < -0.4 is 20.1 Å². The number of rotatable bonds is 8. The van der Waals surface area contributed by atoms with Crippen molar-refractivity contribution in [3.8, 4) is 5.75 Å². The molecule has 0 fully saturated rings. The number of ether oxygens (including phenoxy) is 1. The van der Waals surface area contributed by atoms with Crippen LogP contribution in [-0.2, 0) is 19.6 Å². The Labute approximate surface area is 194 Å². The Morgan fingerprint density at radius 2 is 1.50 bits per heavy atom. The summed E-state index contributed by atoms with van der Waals surface area (Å²) in [4.78, 5) is 23.3. The fourth-order valence-electron chi connectivity index (χ4n) is 2.67. The van der Waals surface area contributed by atoms with Crippen molar-refractivity contribution in [2.45, 2.75) is 11.8 Å². The van der Waals surface area contributed by atoms with Gasteiger partial charge in [-0.25, -0.2) is 8.42 Å². The lowest BCUT2D eigenvalue weighted by molar-refractivity contribution is -0.118. The van der Waals surface area contributed by atoms with Gasteiger partial charge < -0.3 is 15.4 Å². The van der Waals surface area contributed by atoms with Crippen LogP contribution in [0, 0.1) is 0 Å². The maximum atomic E-state index is 12.5. The van der Waals surface area contributed by atoms with Crippen molar-refractivity contribution in [2.24, 2.45) is 0 Å². The number of halogens is 1. The first-order valence-electron chi connectivity index (χ1n) is 9.40. The molecule has 0 aliphatic heterocycles. The Hall–Kier alpha value is -3.37. The summed E-state index contributed by atoms with van der Waals surface area (Å²) in [6.07, 6.45) is 0. The minimum Gasteiger partial charge on any atom is -0.484 e. The van der Waals surface area contributed by atoms with Crippen LogP contribution in [0.1, 0.15) is 6.92 Å². The predicted molar refractivity (Wildman–Crippen MR) is 126 cm³/mol. The molecular weight excluding hydrogens is 498 g/mol. The Morgan fingerprint density at radius 1 is 0.875 bits per heavy atom. The zero-order valence-corrected chi connectivity index (χ0v) is 19.4. The van der Waals surface area contributed by atoms with Gasteiger partial charge in [0.05, 0.1) is 4.90 Å². The molecular formula is C22H20BrN3O5S. The van der Waals surface area contributed by atoms with Crippen molar-refractivity contribution < 1.29 is 22.7 Å². The first-order valence-corrected chi connectivity index (χ1v) is 11.7. The fourth-order valence-corrected chi connectivity index (χ4v) is 3.99. The number of hydrogen-bond donors (Lipinski definition) is 3. The summed E-state index contributed by atoms with van der Waals surface area (Å²) in [5.74, 6) is -0.275. The third kappa shape index (κ3) is 6.82. The zero-order valence-electron chi connectivity index (χ0n) is 17.0. The summed E-state index contributed by atoms with van der Waals surface area (Å²) in [6, 6.07) is 19.2. The average molecular weight is 518 g/mol. The minimum absolute atomic E-state index is 0.0620. The van der Waals surface area contributed by atoms with Gasteiger partial charge in [0.1, 0.15) is 5.75 Å². The van der Waals surface area contributed by atoms with Gasteiger partial charge in [0.25, 0.3) is 15.9 Å². The largest absolute Gasteiger partial charge is 0.484 e. The molecule has 0 saturated carbocycles. The van der Waals surface area contributed by atoms with E-state index in [2.05, 4.69) is 31.3 Å². The number of benzene rings is 3. The molecule has 3 N–H and O–H groups in total. The van der Waals surface area contributed by atoms with E-state index in [-0.39, 0.29) is 17.4 Å². The van der Waals surface area contributed by atoms with E-state index < -0.39 is 15.9 Å². The Balaban J connectivity index is 1.55. The van der Waals surface area contributed by atoms with Gasteiger partial charge in [-0.1, -0.05) is 22.0 Å². The number of nitrogens with one attached hydrogen (secondary N) is 3. The maximum absolute atomic E-state index is 12.5. The molecule has 10 heteroatoms. The predicted octanol–water partition coefficient (Wildman–Crippen LogP) is 4.23. The molecule has 0 aromatic heterocycles. The highest BCUT2D eigenvalue weighted by Gasteiger charge is 2.14. The summed E-state index contributed by atoms with van der Waals surface area (Å²) < 4.78 is 33.8. The van der Waals surface area contributed by atoms with Crippen molar-refractivity contribution in [1.82, 2.24) is 0 Å². The second-order valence-corrected chi connectivity index (χ2v) is 9.28. The van der Waals surface area contributed by atoms with Crippen LogP contribution in [0.4, 0.5) is 17.1 Å². The van der Waals surface area contributed by atoms with Crippen LogP contribution in [0.2, 0.25) is 0 Å². The number of anilines is 3. The van der Waals surface area contributed by atoms with Crippen LogP contribution in [-0.4, -0.2) is 26.8 Å². The molecule has 32 heavy (non-hydrogen) atoms. The molecule has 0 bridgehead atoms. The summed E-state index contributed by atoms with van der Waals surface area (Å²) in [5, 5.41) is 5.30. The number of carbonyl (C=O) groups excluding carboxylic acids is 2. The topological polar surface area (TPSA) is 114 Å². The Kier molecular flexibility index (Phi) is 7.49. The SMILES string of the molecule is CC(=O)Nc1cccc(NC(=O)COc2ccc(S(=O)(=O)Nc3ccc(Br)cc3)cc2)c1. The van der Waals surface area contributed by atoms with Gasteiger partial charge in [-0.05, 0) is 66.7 Å². The summed E-state index contributed by atoms with van der Waals surface area (Å²) >= 11 is 3.30. The highest BCUT2D eigenvalue weighted by Crippen LogP contribution is 2.21. The summed E-state index contributed by atoms with van der Waals surface area (Å²) in [5.41, 5.74) is 1.50. The average Bonchev–Trinajstić information content (AvgIpc) is 2.74. The quantitative estimate of drug-likeness (QED) is 0.413. The monoisotopic (exact) mass is 517 g/mol. The molecule has 0 aliphatic carbocycles. The van der Waals surface area contributed by atoms with Crippen LogP contribution in [0.3, 0.4) is 0 Å². The lowest BCUT2D eigenvalue weighted by atomic mass is 10.2. The second kappa shape index (κ2) is 10.3. The van der Waals surface area contributed by atoms with E-state index >= 15 is 0 Å². The van der Waals surface area contributed by atoms with Crippen molar-refractivity contribution in [3.63, 3.8) is 0 Å². The van der Waals surface area contributed by atoms with Gasteiger partial charge in [0.15, 0.2) is 6.61 Å². The first-order chi connectivity index (χ1) is 15.2. The van der Waals surface area contributed by atoms with Crippen molar-refractivity contribution >= 4 is 54.8 Å². The summed E-state index contributed by atoms with van der Waals surface area (Å²) in [6.45, 7) is 1.13. The van der Waals surface area contributed by atoms with Gasteiger partial charge in [0.2, 0.25) is 5.91 Å².